The molecular formula is C26H33NO4S. The van der Waals surface area contributed by atoms with Gasteiger partial charge in [-0.1, -0.05) is 55.8 Å². The topological polar surface area (TPSA) is 63.7 Å². The molecule has 0 bridgehead atoms. The van der Waals surface area contributed by atoms with E-state index in [1.165, 1.54) is 0 Å². The van der Waals surface area contributed by atoms with Gasteiger partial charge in [0.05, 0.1) is 17.3 Å². The summed E-state index contributed by atoms with van der Waals surface area (Å²) in [5, 5.41) is 0. The molecule has 0 aromatic heterocycles. The summed E-state index contributed by atoms with van der Waals surface area (Å²) < 4.78 is 30.2. The van der Waals surface area contributed by atoms with Crippen LogP contribution in [0, 0.1) is 0 Å². The highest BCUT2D eigenvalue weighted by atomic mass is 32.2. The molecule has 172 valence electrons. The van der Waals surface area contributed by atoms with Crippen LogP contribution < -0.4 is 4.90 Å². The molecule has 0 spiro atoms. The first-order chi connectivity index (χ1) is 15.2. The number of unbranched alkanes of at least 4 members (excludes halogenated alkanes) is 3. The maximum atomic E-state index is 12.6. The van der Waals surface area contributed by atoms with E-state index >= 15 is 0 Å². The summed E-state index contributed by atoms with van der Waals surface area (Å²) in [5.41, 5.74) is 3.56. The van der Waals surface area contributed by atoms with Crippen LogP contribution in [0.5, 0.6) is 0 Å². The van der Waals surface area contributed by atoms with Gasteiger partial charge in [-0.15, -0.1) is 0 Å². The van der Waals surface area contributed by atoms with Crippen LogP contribution in [0.15, 0.2) is 65.6 Å². The van der Waals surface area contributed by atoms with Gasteiger partial charge < -0.3 is 9.64 Å². The van der Waals surface area contributed by atoms with Crippen molar-refractivity contribution in [2.75, 3.05) is 31.4 Å². The van der Waals surface area contributed by atoms with Crippen LogP contribution in [0.25, 0.3) is 12.2 Å². The molecule has 0 aliphatic heterocycles. The van der Waals surface area contributed by atoms with E-state index in [2.05, 4.69) is 30.8 Å². The fourth-order valence-electron chi connectivity index (χ4n) is 3.02. The number of sulfone groups is 1. The molecule has 5 nitrogen and oxygen atoms in total. The first-order valence-corrected chi connectivity index (χ1v) is 12.5. The van der Waals surface area contributed by atoms with Crippen LogP contribution in [-0.2, 0) is 19.4 Å². The predicted octanol–water partition coefficient (Wildman–Crippen LogP) is 5.38. The van der Waals surface area contributed by atoms with Gasteiger partial charge in [0, 0.05) is 25.4 Å². The molecule has 0 saturated heterocycles. The van der Waals surface area contributed by atoms with Crippen LogP contribution in [-0.4, -0.2) is 40.8 Å². The minimum atomic E-state index is -3.30. The molecule has 0 unspecified atom stereocenters. The largest absolute Gasteiger partial charge is 0.462 e. The Morgan fingerprint density at radius 2 is 1.44 bits per heavy atom. The van der Waals surface area contributed by atoms with E-state index in [0.717, 1.165) is 36.1 Å². The molecule has 0 heterocycles. The van der Waals surface area contributed by atoms with Crippen molar-refractivity contribution in [3.63, 3.8) is 0 Å². The molecule has 2 aromatic carbocycles. The molecule has 0 radical (unpaired) electrons. The van der Waals surface area contributed by atoms with E-state index in [-0.39, 0.29) is 11.7 Å². The maximum Gasteiger partial charge on any atom is 0.333 e. The van der Waals surface area contributed by atoms with Crippen LogP contribution in [0.1, 0.15) is 43.7 Å². The molecule has 0 amide bonds. The second-order valence-electron chi connectivity index (χ2n) is 8.04. The summed E-state index contributed by atoms with van der Waals surface area (Å²) >= 11 is 0. The molecular weight excluding hydrogens is 422 g/mol. The number of rotatable bonds is 12. The van der Waals surface area contributed by atoms with Crippen molar-refractivity contribution in [2.24, 2.45) is 0 Å². The van der Waals surface area contributed by atoms with Crippen molar-refractivity contribution in [3.8, 4) is 0 Å². The summed E-state index contributed by atoms with van der Waals surface area (Å²) in [7, 11) is 0.710. The second kappa shape index (κ2) is 12.2. The Bertz CT molecular complexity index is 1020. The number of benzene rings is 2. The van der Waals surface area contributed by atoms with Gasteiger partial charge in [-0.25, -0.2) is 13.2 Å². The average Bonchev–Trinajstić information content (AvgIpc) is 2.77. The van der Waals surface area contributed by atoms with Crippen LogP contribution >= 0.6 is 0 Å². The van der Waals surface area contributed by atoms with Crippen molar-refractivity contribution in [2.45, 2.75) is 37.5 Å². The minimum absolute atomic E-state index is 0.117. The highest BCUT2D eigenvalue weighted by Gasteiger charge is 2.13. The van der Waals surface area contributed by atoms with Gasteiger partial charge in [-0.05, 0) is 55.2 Å². The van der Waals surface area contributed by atoms with Gasteiger partial charge in [0.1, 0.15) is 0 Å². The lowest BCUT2D eigenvalue weighted by Gasteiger charge is -2.11. The third-order valence-corrected chi connectivity index (χ3v) is 6.82. The highest BCUT2D eigenvalue weighted by Crippen LogP contribution is 2.18. The molecule has 0 atom stereocenters. The Kier molecular flexibility index (Phi) is 9.72. The summed E-state index contributed by atoms with van der Waals surface area (Å²) in [6.07, 6.45) is 6.88. The van der Waals surface area contributed by atoms with Gasteiger partial charge >= 0.3 is 5.97 Å². The maximum absolute atomic E-state index is 12.6. The quantitative estimate of drug-likeness (QED) is 0.186. The number of ether oxygens (including phenoxy) is 1. The van der Waals surface area contributed by atoms with Crippen molar-refractivity contribution in [3.05, 3.63) is 71.8 Å². The van der Waals surface area contributed by atoms with Crippen molar-refractivity contribution in [1.29, 1.82) is 0 Å². The molecule has 0 N–H and O–H groups in total. The molecule has 2 rings (SSSR count). The van der Waals surface area contributed by atoms with Crippen molar-refractivity contribution >= 4 is 33.6 Å². The monoisotopic (exact) mass is 455 g/mol. The first kappa shape index (κ1) is 25.4. The standard InChI is InChI=1S/C26H33NO4S/c1-21(2)26(28)31-19-7-5-6-8-20-32(29,30)25-17-13-23(14-18-25)10-9-22-11-15-24(16-12-22)27(3)4/h9-18H,1,5-8,19-20H2,2-4H3/b10-9+. The SMILES string of the molecule is C=C(C)C(=O)OCCCCCCS(=O)(=O)c1ccc(/C=C/c2ccc(N(C)C)cc2)cc1. The molecule has 6 heteroatoms. The molecule has 0 saturated carbocycles. The molecule has 0 aliphatic rings. The van der Waals surface area contributed by atoms with Crippen LogP contribution in [0.4, 0.5) is 5.69 Å². The molecule has 32 heavy (non-hydrogen) atoms. The zero-order valence-electron chi connectivity index (χ0n) is 19.2. The number of esters is 1. The molecule has 2 aromatic rings. The Morgan fingerprint density at radius 3 is 1.97 bits per heavy atom. The zero-order chi connectivity index (χ0) is 23.6. The smallest absolute Gasteiger partial charge is 0.333 e. The lowest BCUT2D eigenvalue weighted by atomic mass is 10.1. The number of hydrogen-bond donors (Lipinski definition) is 0. The number of nitrogens with zero attached hydrogens (tertiary/aromatic N) is 1. The summed E-state index contributed by atoms with van der Waals surface area (Å²) in [6, 6.07) is 15.2. The number of carbonyl (C=O) groups is 1. The minimum Gasteiger partial charge on any atom is -0.462 e. The fourth-order valence-corrected chi connectivity index (χ4v) is 4.39. The third-order valence-electron chi connectivity index (χ3n) is 5.01. The number of hydrogen-bond acceptors (Lipinski definition) is 5. The van der Waals surface area contributed by atoms with Gasteiger partial charge in [0.15, 0.2) is 9.84 Å². The Labute approximate surface area is 192 Å². The van der Waals surface area contributed by atoms with E-state index in [9.17, 15) is 13.2 Å². The normalized spacial score (nSPS) is 11.5. The van der Waals surface area contributed by atoms with E-state index in [0.29, 0.717) is 23.5 Å². The lowest BCUT2D eigenvalue weighted by Crippen LogP contribution is -2.08. The Morgan fingerprint density at radius 1 is 0.906 bits per heavy atom. The van der Waals surface area contributed by atoms with E-state index in [1.807, 2.05) is 43.3 Å². The Hall–Kier alpha value is -2.86. The van der Waals surface area contributed by atoms with Gasteiger partial charge in [-0.3, -0.25) is 0 Å². The summed E-state index contributed by atoms with van der Waals surface area (Å²) in [6.45, 7) is 5.48. The second-order valence-corrected chi connectivity index (χ2v) is 10.1. The lowest BCUT2D eigenvalue weighted by molar-refractivity contribution is -0.139. The number of anilines is 1. The van der Waals surface area contributed by atoms with Crippen LogP contribution in [0.3, 0.4) is 0 Å². The predicted molar refractivity (Wildman–Crippen MR) is 132 cm³/mol. The van der Waals surface area contributed by atoms with Gasteiger partial charge in [0.25, 0.3) is 0 Å². The van der Waals surface area contributed by atoms with E-state index < -0.39 is 9.84 Å². The van der Waals surface area contributed by atoms with Gasteiger partial charge in [0.2, 0.25) is 0 Å². The van der Waals surface area contributed by atoms with Crippen LogP contribution in [0.2, 0.25) is 0 Å². The third kappa shape index (κ3) is 8.35. The van der Waals surface area contributed by atoms with E-state index in [4.69, 9.17) is 4.74 Å². The highest BCUT2D eigenvalue weighted by molar-refractivity contribution is 7.91. The van der Waals surface area contributed by atoms with Gasteiger partial charge in [-0.2, -0.15) is 0 Å². The van der Waals surface area contributed by atoms with Crippen molar-refractivity contribution < 1.29 is 17.9 Å². The zero-order valence-corrected chi connectivity index (χ0v) is 20.0. The molecule has 0 fully saturated rings. The molecule has 0 aliphatic carbocycles. The Balaban J connectivity index is 1.79. The fraction of sp³-hybridized carbons (Fsp3) is 0.346. The number of carbonyl (C=O) groups excluding carboxylic acids is 1. The van der Waals surface area contributed by atoms with Crippen molar-refractivity contribution in [1.82, 2.24) is 0 Å². The first-order valence-electron chi connectivity index (χ1n) is 10.8. The summed E-state index contributed by atoms with van der Waals surface area (Å²) in [4.78, 5) is 13.7. The summed E-state index contributed by atoms with van der Waals surface area (Å²) in [5.74, 6) is -0.264. The van der Waals surface area contributed by atoms with E-state index in [1.54, 1.807) is 19.1 Å². The average molecular weight is 456 g/mol.